The molecule has 0 aromatic heterocycles. The molecule has 0 bridgehead atoms. The van der Waals surface area contributed by atoms with E-state index in [4.69, 9.17) is 4.74 Å². The lowest BCUT2D eigenvalue weighted by atomic mass is 10.0. The fraction of sp³-hybridized carbons (Fsp3) is 0.188. The number of carbonyl (C=O) groups excluding carboxylic acids is 1. The number of ether oxygens (including phenoxy) is 1. The van der Waals surface area contributed by atoms with Crippen LogP contribution >= 0.6 is 0 Å². The molecule has 1 unspecified atom stereocenters. The fourth-order valence-corrected chi connectivity index (χ4v) is 1.73. The average Bonchev–Trinajstić information content (AvgIpc) is 2.46. The van der Waals surface area contributed by atoms with Gasteiger partial charge in [0.15, 0.2) is 0 Å². The molecule has 2 rings (SSSR count). The van der Waals surface area contributed by atoms with Crippen molar-refractivity contribution in [2.24, 2.45) is 0 Å². The highest BCUT2D eigenvalue weighted by atomic mass is 16.5. The van der Waals surface area contributed by atoms with Crippen LogP contribution in [0.5, 0.6) is 5.75 Å². The molecule has 2 aromatic rings. The summed E-state index contributed by atoms with van der Waals surface area (Å²) in [6, 6.07) is 16.9. The first-order valence-electron chi connectivity index (χ1n) is 6.14. The molecule has 0 saturated carbocycles. The zero-order valence-electron chi connectivity index (χ0n) is 10.7. The van der Waals surface area contributed by atoms with Gasteiger partial charge in [0.1, 0.15) is 12.4 Å². The summed E-state index contributed by atoms with van der Waals surface area (Å²) < 4.78 is 5.62. The predicted molar refractivity (Wildman–Crippen MR) is 70.6 cm³/mol. The molecule has 19 heavy (non-hydrogen) atoms. The van der Waals surface area contributed by atoms with Gasteiger partial charge in [0.05, 0.1) is 0 Å². The highest BCUT2D eigenvalue weighted by molar-refractivity contribution is 5.73. The maximum Gasteiger partial charge on any atom is 0.119 e. The van der Waals surface area contributed by atoms with Crippen LogP contribution in [0.3, 0.4) is 0 Å². The normalized spacial score (nSPS) is 11.8. The molecule has 98 valence electrons. The summed E-state index contributed by atoms with van der Waals surface area (Å²) in [4.78, 5) is 10.8. The lowest BCUT2D eigenvalue weighted by Crippen LogP contribution is -2.27. The van der Waals surface area contributed by atoms with Crippen molar-refractivity contribution < 1.29 is 14.6 Å². The van der Waals surface area contributed by atoms with Gasteiger partial charge in [0.25, 0.3) is 0 Å². The molecule has 0 aliphatic heterocycles. The number of carboxylic acid groups (broad SMARTS) is 1. The molecule has 0 heterocycles. The van der Waals surface area contributed by atoms with Crippen molar-refractivity contribution in [3.05, 3.63) is 65.7 Å². The highest BCUT2D eigenvalue weighted by Crippen LogP contribution is 2.19. The molecule has 0 radical (unpaired) electrons. The summed E-state index contributed by atoms with van der Waals surface area (Å²) in [6.45, 7) is 2.10. The zero-order chi connectivity index (χ0) is 13.7. The molecule has 2 aromatic carbocycles. The van der Waals surface area contributed by atoms with Gasteiger partial charge in [-0.2, -0.15) is 0 Å². The maximum atomic E-state index is 10.8. The first-order chi connectivity index (χ1) is 9.16. The van der Waals surface area contributed by atoms with E-state index in [1.54, 1.807) is 31.2 Å². The van der Waals surface area contributed by atoms with Crippen molar-refractivity contribution in [2.45, 2.75) is 19.4 Å². The topological polar surface area (TPSA) is 49.4 Å². The number of hydrogen-bond donors (Lipinski definition) is 0. The summed E-state index contributed by atoms with van der Waals surface area (Å²) in [5.74, 6) is -0.959. The van der Waals surface area contributed by atoms with Gasteiger partial charge in [0, 0.05) is 11.9 Å². The molecule has 0 N–H and O–H groups in total. The Balaban J connectivity index is 1.97. The van der Waals surface area contributed by atoms with Crippen LogP contribution in [0.15, 0.2) is 54.6 Å². The highest BCUT2D eigenvalue weighted by Gasteiger charge is 2.06. The number of rotatable bonds is 5. The van der Waals surface area contributed by atoms with Crippen molar-refractivity contribution in [1.29, 1.82) is 0 Å². The second-order valence-corrected chi connectivity index (χ2v) is 4.38. The number of hydrogen-bond acceptors (Lipinski definition) is 3. The fourth-order valence-electron chi connectivity index (χ4n) is 1.73. The van der Waals surface area contributed by atoms with Crippen molar-refractivity contribution >= 4 is 5.97 Å². The first kappa shape index (κ1) is 13.1. The molecule has 0 aliphatic carbocycles. The molecule has 0 spiro atoms. The van der Waals surface area contributed by atoms with Crippen molar-refractivity contribution in [2.75, 3.05) is 0 Å². The van der Waals surface area contributed by atoms with Crippen molar-refractivity contribution in [3.8, 4) is 5.75 Å². The lowest BCUT2D eigenvalue weighted by molar-refractivity contribution is -0.307. The van der Waals surface area contributed by atoms with Gasteiger partial charge >= 0.3 is 0 Å². The van der Waals surface area contributed by atoms with Crippen molar-refractivity contribution in [3.63, 3.8) is 0 Å². The van der Waals surface area contributed by atoms with E-state index < -0.39 is 11.9 Å². The Bertz CT molecular complexity index is 532. The van der Waals surface area contributed by atoms with E-state index in [9.17, 15) is 9.90 Å². The third kappa shape index (κ3) is 3.58. The number of aliphatic carboxylic acids is 1. The van der Waals surface area contributed by atoms with E-state index in [2.05, 4.69) is 0 Å². The minimum atomic E-state index is -1.07. The minimum absolute atomic E-state index is 0.496. The van der Waals surface area contributed by atoms with E-state index in [-0.39, 0.29) is 0 Å². The average molecular weight is 255 g/mol. The third-order valence-corrected chi connectivity index (χ3v) is 2.98. The van der Waals surface area contributed by atoms with Crippen LogP contribution < -0.4 is 9.84 Å². The Labute approximate surface area is 112 Å². The van der Waals surface area contributed by atoms with Crippen LogP contribution in [0, 0.1) is 0 Å². The zero-order valence-corrected chi connectivity index (χ0v) is 10.7. The number of carboxylic acids is 1. The Morgan fingerprint density at radius 3 is 2.32 bits per heavy atom. The van der Waals surface area contributed by atoms with Crippen molar-refractivity contribution in [1.82, 2.24) is 0 Å². The molecule has 0 saturated heterocycles. The third-order valence-electron chi connectivity index (χ3n) is 2.98. The smallest absolute Gasteiger partial charge is 0.119 e. The first-order valence-corrected chi connectivity index (χ1v) is 6.14. The SMILES string of the molecule is CC(C(=O)[O-])c1ccc(OCc2ccccc2)cc1. The number of carbonyl (C=O) groups is 1. The second kappa shape index (κ2) is 6.05. The quantitative estimate of drug-likeness (QED) is 0.822. The monoisotopic (exact) mass is 255 g/mol. The summed E-state index contributed by atoms with van der Waals surface area (Å²) in [5.41, 5.74) is 1.81. The largest absolute Gasteiger partial charge is 0.550 e. The van der Waals surface area contributed by atoms with E-state index in [0.717, 1.165) is 11.3 Å². The minimum Gasteiger partial charge on any atom is -0.550 e. The Kier molecular flexibility index (Phi) is 4.18. The van der Waals surface area contributed by atoms with Gasteiger partial charge in [-0.25, -0.2) is 0 Å². The molecule has 3 nitrogen and oxygen atoms in total. The van der Waals surface area contributed by atoms with Crippen LogP contribution in [0.1, 0.15) is 24.0 Å². The van der Waals surface area contributed by atoms with E-state index >= 15 is 0 Å². The van der Waals surface area contributed by atoms with Crippen LogP contribution in [0.25, 0.3) is 0 Å². The van der Waals surface area contributed by atoms with Gasteiger partial charge < -0.3 is 14.6 Å². The van der Waals surface area contributed by atoms with Crippen LogP contribution in [0.4, 0.5) is 0 Å². The van der Waals surface area contributed by atoms with Crippen LogP contribution in [0.2, 0.25) is 0 Å². The summed E-state index contributed by atoms with van der Waals surface area (Å²) in [5, 5.41) is 10.8. The molecule has 1 atom stereocenters. The van der Waals surface area contributed by atoms with Gasteiger partial charge in [-0.05, 0) is 23.3 Å². The lowest BCUT2D eigenvalue weighted by Gasteiger charge is -2.13. The van der Waals surface area contributed by atoms with Crippen LogP contribution in [-0.2, 0) is 11.4 Å². The second-order valence-electron chi connectivity index (χ2n) is 4.38. The molecular formula is C16H15O3-. The van der Waals surface area contributed by atoms with Gasteiger partial charge in [0.2, 0.25) is 0 Å². The predicted octanol–water partition coefficient (Wildman–Crippen LogP) is 2.12. The van der Waals surface area contributed by atoms with Gasteiger partial charge in [-0.3, -0.25) is 0 Å². The van der Waals surface area contributed by atoms with E-state index in [1.165, 1.54) is 0 Å². The van der Waals surface area contributed by atoms with Gasteiger partial charge in [-0.1, -0.05) is 49.4 Å². The summed E-state index contributed by atoms with van der Waals surface area (Å²) in [6.07, 6.45) is 0. The maximum absolute atomic E-state index is 10.8. The van der Waals surface area contributed by atoms with E-state index in [0.29, 0.717) is 12.2 Å². The molecule has 0 fully saturated rings. The Hall–Kier alpha value is -2.29. The van der Waals surface area contributed by atoms with Crippen LogP contribution in [-0.4, -0.2) is 5.97 Å². The Morgan fingerprint density at radius 1 is 1.11 bits per heavy atom. The summed E-state index contributed by atoms with van der Waals surface area (Å²) >= 11 is 0. The van der Waals surface area contributed by atoms with Gasteiger partial charge in [-0.15, -0.1) is 0 Å². The standard InChI is InChI=1S/C16H16O3/c1-12(16(17)18)14-7-9-15(10-8-14)19-11-13-5-3-2-4-6-13/h2-10,12H,11H2,1H3,(H,17,18)/p-1. The summed E-state index contributed by atoms with van der Waals surface area (Å²) in [7, 11) is 0. The molecule has 0 amide bonds. The molecule has 3 heteroatoms. The van der Waals surface area contributed by atoms with E-state index in [1.807, 2.05) is 30.3 Å². The Morgan fingerprint density at radius 2 is 1.74 bits per heavy atom. The molecule has 0 aliphatic rings. The molecular weight excluding hydrogens is 240 g/mol. The number of benzene rings is 2.